The van der Waals surface area contributed by atoms with Crippen LogP contribution in [0.2, 0.25) is 0 Å². The van der Waals surface area contributed by atoms with E-state index in [-0.39, 0.29) is 77.8 Å². The molecule has 0 saturated carbocycles. The van der Waals surface area contributed by atoms with E-state index >= 15 is 0 Å². The fourth-order valence-electron chi connectivity index (χ4n) is 2.21. The summed E-state index contributed by atoms with van der Waals surface area (Å²) in [7, 11) is 0. The van der Waals surface area contributed by atoms with Crippen LogP contribution in [0.1, 0.15) is 43.2 Å². The van der Waals surface area contributed by atoms with Crippen LogP contribution in [0.4, 0.5) is 0 Å². The number of allylic oxidation sites excluding steroid dienone is 1. The second-order valence-electron chi connectivity index (χ2n) is 4.60. The number of rotatable bonds is 3. The zero-order valence-corrected chi connectivity index (χ0v) is 22.1. The molecule has 1 atom stereocenters. The third-order valence-electron chi connectivity index (χ3n) is 3.21. The van der Waals surface area contributed by atoms with Crippen LogP contribution in [0, 0.1) is 58.1 Å². The summed E-state index contributed by atoms with van der Waals surface area (Å²) in [6.07, 6.45) is 9.40. The summed E-state index contributed by atoms with van der Waals surface area (Å²) in [5, 5.41) is 0. The predicted octanol–water partition coefficient (Wildman–Crippen LogP) is 8.35. The smallest absolute Gasteiger partial charge is 0 e. The second kappa shape index (κ2) is 26.4. The molecule has 0 heterocycles. The fraction of sp³-hybridized carbons (Fsp3) is 0.200. The molecule has 0 aromatic heterocycles. The topological polar surface area (TPSA) is 0 Å². The molecule has 154 valence electrons. The maximum atomic E-state index is 3.43. The van der Waals surface area contributed by atoms with Crippen molar-refractivity contribution in [1.29, 1.82) is 0 Å². The van der Waals surface area contributed by atoms with Gasteiger partial charge in [0.1, 0.15) is 0 Å². The molecule has 0 amide bonds. The standard InChI is InChI=1S/C13H15.C5H5.7CH3.Hf/c1-2-3-6-11-9-10-12-7-4-5-8-13(11)12;1-2-4-5-3-1;;;;;;;;/h4-5,7-8,10-11H,2-3,6H2,1H3;1-5H;7*1H3;/q9*-1;. The second-order valence-corrected chi connectivity index (χ2v) is 4.60. The number of hydrogen-bond donors (Lipinski definition) is 0. The first kappa shape index (κ1) is 44.5. The normalized spacial score (nSPS) is 11.0. The largest absolute Gasteiger partial charge is 0.358 e. The van der Waals surface area contributed by atoms with Crippen LogP contribution in [0.5, 0.6) is 0 Å². The first-order chi connectivity index (χ1) is 8.92. The number of hydrogen-bond acceptors (Lipinski definition) is 0. The van der Waals surface area contributed by atoms with Crippen LogP contribution in [0.25, 0.3) is 6.08 Å². The molecule has 1 heteroatoms. The predicted molar refractivity (Wildman–Crippen MR) is 123 cm³/mol. The quantitative estimate of drug-likeness (QED) is 0.282. The Morgan fingerprint density at radius 1 is 0.846 bits per heavy atom. The van der Waals surface area contributed by atoms with Crippen molar-refractivity contribution < 1.29 is 25.8 Å². The van der Waals surface area contributed by atoms with Crippen LogP contribution < -0.4 is 0 Å². The molecule has 2 aromatic carbocycles. The Hall–Kier alpha value is -0.820. The molecule has 0 spiro atoms. The van der Waals surface area contributed by atoms with E-state index in [1.807, 2.05) is 30.3 Å². The van der Waals surface area contributed by atoms with Crippen LogP contribution in [-0.4, -0.2) is 0 Å². The molecule has 0 saturated heterocycles. The summed E-state index contributed by atoms with van der Waals surface area (Å²) < 4.78 is 0. The summed E-state index contributed by atoms with van der Waals surface area (Å²) >= 11 is 0. The van der Waals surface area contributed by atoms with Gasteiger partial charge in [-0.15, -0.1) is 11.6 Å². The summed E-state index contributed by atoms with van der Waals surface area (Å²) in [6.45, 7) is 2.24. The minimum atomic E-state index is 0. The van der Waals surface area contributed by atoms with Gasteiger partial charge in [-0.2, -0.15) is 23.8 Å². The summed E-state index contributed by atoms with van der Waals surface area (Å²) in [5.41, 5.74) is 2.83. The average Bonchev–Trinajstić information content (AvgIpc) is 3.09. The van der Waals surface area contributed by atoms with Gasteiger partial charge in [0.2, 0.25) is 0 Å². The number of unbranched alkanes of at least 4 members (excludes halogenated alkanes) is 1. The maximum Gasteiger partial charge on any atom is 0 e. The Morgan fingerprint density at radius 2 is 1.38 bits per heavy atom. The van der Waals surface area contributed by atoms with Crippen molar-refractivity contribution in [2.45, 2.75) is 32.1 Å². The molecule has 0 radical (unpaired) electrons. The molecular formula is C25H41Hf-9. The Balaban J connectivity index is -0.0000000500. The van der Waals surface area contributed by atoms with E-state index in [0.29, 0.717) is 5.92 Å². The minimum Gasteiger partial charge on any atom is -0.358 e. The van der Waals surface area contributed by atoms with Crippen LogP contribution in [0.15, 0.2) is 54.6 Å². The SMILES string of the molecule is CCCCC1[C-]=Cc2ccccc21.[CH3-].[CH3-].[CH3-].[CH3-].[CH3-].[CH3-].[CH3-].[Hf].c1cc[cH-]c1. The third kappa shape index (κ3) is 14.4. The zero-order valence-electron chi connectivity index (χ0n) is 18.5. The van der Waals surface area contributed by atoms with Gasteiger partial charge >= 0.3 is 0 Å². The Morgan fingerprint density at radius 3 is 1.85 bits per heavy atom. The van der Waals surface area contributed by atoms with Gasteiger partial charge in [0.25, 0.3) is 0 Å². The van der Waals surface area contributed by atoms with Crippen LogP contribution in [0.3, 0.4) is 0 Å². The fourth-order valence-corrected chi connectivity index (χ4v) is 2.21. The van der Waals surface area contributed by atoms with E-state index < -0.39 is 0 Å². The van der Waals surface area contributed by atoms with Gasteiger partial charge in [0.05, 0.1) is 0 Å². The summed E-state index contributed by atoms with van der Waals surface area (Å²) in [4.78, 5) is 0. The van der Waals surface area contributed by atoms with Crippen molar-refractivity contribution in [3.63, 3.8) is 0 Å². The van der Waals surface area contributed by atoms with E-state index in [1.54, 1.807) is 0 Å². The van der Waals surface area contributed by atoms with Gasteiger partial charge in [-0.05, 0) is 0 Å². The number of benzene rings is 1. The van der Waals surface area contributed by atoms with Crippen molar-refractivity contribution in [1.82, 2.24) is 0 Å². The molecule has 3 rings (SSSR count). The van der Waals surface area contributed by atoms with Gasteiger partial charge < -0.3 is 52.0 Å². The first-order valence-electron chi connectivity index (χ1n) is 6.76. The Kier molecular flexibility index (Phi) is 45.2. The van der Waals surface area contributed by atoms with Crippen molar-refractivity contribution >= 4 is 6.08 Å². The van der Waals surface area contributed by atoms with Gasteiger partial charge in [0.15, 0.2) is 0 Å². The summed E-state index contributed by atoms with van der Waals surface area (Å²) in [6, 6.07) is 18.6. The van der Waals surface area contributed by atoms with Gasteiger partial charge in [0, 0.05) is 25.8 Å². The zero-order chi connectivity index (χ0) is 12.6. The maximum absolute atomic E-state index is 3.43. The Bertz CT molecular complexity index is 451. The van der Waals surface area contributed by atoms with Gasteiger partial charge in [-0.1, -0.05) is 50.3 Å². The monoisotopic (exact) mass is 521 g/mol. The van der Waals surface area contributed by atoms with Gasteiger partial charge in [-0.25, -0.2) is 18.2 Å². The van der Waals surface area contributed by atoms with E-state index in [0.717, 1.165) is 0 Å². The van der Waals surface area contributed by atoms with Crippen LogP contribution >= 0.6 is 0 Å². The molecule has 2 aromatic rings. The molecule has 1 aliphatic carbocycles. The molecule has 26 heavy (non-hydrogen) atoms. The average molecular weight is 520 g/mol. The molecule has 0 N–H and O–H groups in total. The molecule has 0 nitrogen and oxygen atoms in total. The third-order valence-corrected chi connectivity index (χ3v) is 3.21. The van der Waals surface area contributed by atoms with Gasteiger partial charge in [-0.3, -0.25) is 6.08 Å². The molecule has 0 aliphatic heterocycles. The molecule has 1 unspecified atom stereocenters. The van der Waals surface area contributed by atoms with E-state index in [2.05, 4.69) is 43.3 Å². The van der Waals surface area contributed by atoms with Crippen molar-refractivity contribution in [3.8, 4) is 0 Å². The molecule has 0 bridgehead atoms. The number of fused-ring (bicyclic) bond motifs is 1. The van der Waals surface area contributed by atoms with Crippen LogP contribution in [-0.2, 0) is 25.8 Å². The molecule has 0 fully saturated rings. The molecule has 1 aliphatic rings. The van der Waals surface area contributed by atoms with Crippen molar-refractivity contribution in [3.05, 3.63) is 124 Å². The first-order valence-corrected chi connectivity index (χ1v) is 6.76. The van der Waals surface area contributed by atoms with E-state index in [4.69, 9.17) is 0 Å². The Labute approximate surface area is 187 Å². The minimum absolute atomic E-state index is 0. The molecular weight excluding hydrogens is 479 g/mol. The van der Waals surface area contributed by atoms with Crippen molar-refractivity contribution in [2.24, 2.45) is 0 Å². The van der Waals surface area contributed by atoms with E-state index in [9.17, 15) is 0 Å². The van der Waals surface area contributed by atoms with Crippen molar-refractivity contribution in [2.75, 3.05) is 0 Å². The van der Waals surface area contributed by atoms with E-state index in [1.165, 1.54) is 30.4 Å². The summed E-state index contributed by atoms with van der Waals surface area (Å²) in [5.74, 6) is 0.566.